The zero-order valence-corrected chi connectivity index (χ0v) is 6.96. The van der Waals surface area contributed by atoms with Gasteiger partial charge in [-0.3, -0.25) is 9.59 Å². The standard InChI is InChI=1S/C7H11NO4/c1-4(9)7(12-5(2)10)3-8-6(7)11/h4,9H,3H2,1-2H3,(H,8,11)/t4-,7-/m1/s1. The maximum absolute atomic E-state index is 11.0. The van der Waals surface area contributed by atoms with Crippen molar-refractivity contribution < 1.29 is 19.4 Å². The summed E-state index contributed by atoms with van der Waals surface area (Å²) in [6.07, 6.45) is -0.977. The van der Waals surface area contributed by atoms with Crippen LogP contribution >= 0.6 is 0 Å². The van der Waals surface area contributed by atoms with Crippen LogP contribution in [0.4, 0.5) is 0 Å². The zero-order chi connectivity index (χ0) is 9.35. The number of aliphatic hydroxyl groups is 1. The molecule has 68 valence electrons. The fourth-order valence-corrected chi connectivity index (χ4v) is 1.10. The first-order valence-electron chi connectivity index (χ1n) is 3.65. The Balaban J connectivity index is 2.74. The lowest BCUT2D eigenvalue weighted by molar-refractivity contribution is -0.190. The van der Waals surface area contributed by atoms with Gasteiger partial charge in [0.1, 0.15) is 6.10 Å². The van der Waals surface area contributed by atoms with Gasteiger partial charge in [0.05, 0.1) is 6.54 Å². The highest BCUT2D eigenvalue weighted by Crippen LogP contribution is 2.22. The topological polar surface area (TPSA) is 75.6 Å². The van der Waals surface area contributed by atoms with Gasteiger partial charge in [0.2, 0.25) is 5.60 Å². The third kappa shape index (κ3) is 1.16. The van der Waals surface area contributed by atoms with E-state index < -0.39 is 23.6 Å². The molecule has 0 unspecified atom stereocenters. The summed E-state index contributed by atoms with van der Waals surface area (Å²) in [4.78, 5) is 21.6. The molecule has 2 N–H and O–H groups in total. The second-order valence-electron chi connectivity index (χ2n) is 2.84. The summed E-state index contributed by atoms with van der Waals surface area (Å²) >= 11 is 0. The van der Waals surface area contributed by atoms with Crippen LogP contribution in [0.1, 0.15) is 13.8 Å². The van der Waals surface area contributed by atoms with Crippen LogP contribution in [0.2, 0.25) is 0 Å². The van der Waals surface area contributed by atoms with Crippen LogP contribution in [-0.4, -0.2) is 35.2 Å². The molecular weight excluding hydrogens is 162 g/mol. The molecule has 5 heteroatoms. The maximum Gasteiger partial charge on any atom is 0.303 e. The molecule has 0 aromatic carbocycles. The maximum atomic E-state index is 11.0. The van der Waals surface area contributed by atoms with E-state index in [2.05, 4.69) is 5.32 Å². The van der Waals surface area contributed by atoms with Gasteiger partial charge in [-0.15, -0.1) is 0 Å². The van der Waals surface area contributed by atoms with Gasteiger partial charge in [-0.1, -0.05) is 0 Å². The Bertz CT molecular complexity index is 225. The third-order valence-electron chi connectivity index (χ3n) is 1.90. The van der Waals surface area contributed by atoms with E-state index in [9.17, 15) is 14.7 Å². The molecule has 1 aliphatic heterocycles. The van der Waals surface area contributed by atoms with Crippen molar-refractivity contribution in [1.82, 2.24) is 5.32 Å². The first-order valence-corrected chi connectivity index (χ1v) is 3.65. The van der Waals surface area contributed by atoms with E-state index in [4.69, 9.17) is 4.74 Å². The monoisotopic (exact) mass is 173 g/mol. The molecule has 1 heterocycles. The number of hydrogen-bond acceptors (Lipinski definition) is 4. The number of carbonyl (C=O) groups is 2. The number of hydrogen-bond donors (Lipinski definition) is 2. The average molecular weight is 173 g/mol. The van der Waals surface area contributed by atoms with Crippen LogP contribution in [0.3, 0.4) is 0 Å². The smallest absolute Gasteiger partial charge is 0.303 e. The summed E-state index contributed by atoms with van der Waals surface area (Å²) in [5.41, 5.74) is -1.34. The molecule has 1 aliphatic rings. The van der Waals surface area contributed by atoms with Crippen molar-refractivity contribution in [3.05, 3.63) is 0 Å². The molecule has 0 saturated carbocycles. The number of esters is 1. The molecule has 1 saturated heterocycles. The Hall–Kier alpha value is -1.10. The molecule has 0 aromatic heterocycles. The molecule has 0 aliphatic carbocycles. The van der Waals surface area contributed by atoms with Crippen LogP contribution in [0, 0.1) is 0 Å². The van der Waals surface area contributed by atoms with E-state index in [1.165, 1.54) is 13.8 Å². The van der Waals surface area contributed by atoms with E-state index >= 15 is 0 Å². The Labute approximate surface area is 69.7 Å². The van der Waals surface area contributed by atoms with Crippen molar-refractivity contribution in [1.29, 1.82) is 0 Å². The molecule has 1 amide bonds. The number of aliphatic hydroxyl groups excluding tert-OH is 1. The number of nitrogens with one attached hydrogen (secondary N) is 1. The van der Waals surface area contributed by atoms with Crippen molar-refractivity contribution in [3.8, 4) is 0 Å². The van der Waals surface area contributed by atoms with Crippen LogP contribution in [0.5, 0.6) is 0 Å². The SMILES string of the molecule is CC(=O)O[C@@]1([C@@H](C)O)CNC1=O. The second-order valence-corrected chi connectivity index (χ2v) is 2.84. The second kappa shape index (κ2) is 2.75. The number of ether oxygens (including phenoxy) is 1. The molecule has 0 spiro atoms. The first-order chi connectivity index (χ1) is 5.49. The molecule has 12 heavy (non-hydrogen) atoms. The molecular formula is C7H11NO4. The number of amides is 1. The lowest BCUT2D eigenvalue weighted by atomic mass is 9.90. The summed E-state index contributed by atoms with van der Waals surface area (Å²) in [7, 11) is 0. The van der Waals surface area contributed by atoms with Gasteiger partial charge in [-0.25, -0.2) is 0 Å². The van der Waals surface area contributed by atoms with Gasteiger partial charge >= 0.3 is 5.97 Å². The van der Waals surface area contributed by atoms with E-state index in [0.717, 1.165) is 0 Å². The van der Waals surface area contributed by atoms with Gasteiger partial charge < -0.3 is 15.2 Å². The minimum Gasteiger partial charge on any atom is -0.444 e. The number of carbonyl (C=O) groups excluding carboxylic acids is 2. The van der Waals surface area contributed by atoms with Crippen LogP contribution in [0.15, 0.2) is 0 Å². The Morgan fingerprint density at radius 1 is 1.83 bits per heavy atom. The highest BCUT2D eigenvalue weighted by molar-refractivity contribution is 5.94. The van der Waals surface area contributed by atoms with E-state index in [-0.39, 0.29) is 6.54 Å². The molecule has 2 atom stereocenters. The van der Waals surface area contributed by atoms with Crippen molar-refractivity contribution in [2.24, 2.45) is 0 Å². The summed E-state index contributed by atoms with van der Waals surface area (Å²) in [5, 5.41) is 11.6. The molecule has 0 aromatic rings. The van der Waals surface area contributed by atoms with Gasteiger partial charge in [0, 0.05) is 6.92 Å². The highest BCUT2D eigenvalue weighted by atomic mass is 16.6. The molecule has 1 fully saturated rings. The summed E-state index contributed by atoms with van der Waals surface area (Å²) in [6, 6.07) is 0. The summed E-state index contributed by atoms with van der Waals surface area (Å²) < 4.78 is 4.75. The lowest BCUT2D eigenvalue weighted by Gasteiger charge is -2.41. The van der Waals surface area contributed by atoms with Crippen molar-refractivity contribution in [3.63, 3.8) is 0 Å². The van der Waals surface area contributed by atoms with Crippen LogP contribution in [0.25, 0.3) is 0 Å². The molecule has 1 rings (SSSR count). The summed E-state index contributed by atoms with van der Waals surface area (Å²) in [6.45, 7) is 2.81. The Morgan fingerprint density at radius 2 is 2.42 bits per heavy atom. The number of rotatable bonds is 2. The van der Waals surface area contributed by atoms with Crippen LogP contribution < -0.4 is 5.32 Å². The fraction of sp³-hybridized carbons (Fsp3) is 0.714. The summed E-state index contributed by atoms with van der Waals surface area (Å²) in [5.74, 6) is -1.00. The van der Waals surface area contributed by atoms with Gasteiger partial charge in [-0.05, 0) is 6.92 Å². The third-order valence-corrected chi connectivity index (χ3v) is 1.90. The minimum atomic E-state index is -1.34. The van der Waals surface area contributed by atoms with Crippen molar-refractivity contribution >= 4 is 11.9 Å². The largest absolute Gasteiger partial charge is 0.444 e. The molecule has 0 bridgehead atoms. The lowest BCUT2D eigenvalue weighted by Crippen LogP contribution is -2.71. The quantitative estimate of drug-likeness (QED) is 0.406. The Morgan fingerprint density at radius 3 is 2.50 bits per heavy atom. The van der Waals surface area contributed by atoms with Crippen molar-refractivity contribution in [2.75, 3.05) is 6.54 Å². The van der Waals surface area contributed by atoms with E-state index in [1.807, 2.05) is 0 Å². The predicted octanol–water partition coefficient (Wildman–Crippen LogP) is -1.20. The van der Waals surface area contributed by atoms with Gasteiger partial charge in [0.15, 0.2) is 0 Å². The van der Waals surface area contributed by atoms with Gasteiger partial charge in [-0.2, -0.15) is 0 Å². The van der Waals surface area contributed by atoms with E-state index in [1.54, 1.807) is 0 Å². The zero-order valence-electron chi connectivity index (χ0n) is 6.96. The highest BCUT2D eigenvalue weighted by Gasteiger charge is 2.53. The normalized spacial score (nSPS) is 30.1. The molecule has 5 nitrogen and oxygen atoms in total. The minimum absolute atomic E-state index is 0.184. The fourth-order valence-electron chi connectivity index (χ4n) is 1.10. The first kappa shape index (κ1) is 8.99. The van der Waals surface area contributed by atoms with Gasteiger partial charge in [0.25, 0.3) is 5.91 Å². The average Bonchev–Trinajstić information content (AvgIpc) is 1.96. The van der Waals surface area contributed by atoms with Crippen molar-refractivity contribution in [2.45, 2.75) is 25.6 Å². The number of β-lactam (4-membered cyclic amide) rings is 1. The predicted molar refractivity (Wildman–Crippen MR) is 39.2 cm³/mol. The van der Waals surface area contributed by atoms with E-state index in [0.29, 0.717) is 0 Å². The Kier molecular flexibility index (Phi) is 2.06. The van der Waals surface area contributed by atoms with Crippen LogP contribution in [-0.2, 0) is 14.3 Å². The molecule has 0 radical (unpaired) electrons.